The third kappa shape index (κ3) is 2.74. The lowest BCUT2D eigenvalue weighted by Crippen LogP contribution is -2.11. The number of carboxylic acids is 1. The van der Waals surface area contributed by atoms with Crippen molar-refractivity contribution in [1.82, 2.24) is 0 Å². The minimum absolute atomic E-state index is 0.243. The van der Waals surface area contributed by atoms with E-state index < -0.39 is 5.97 Å². The summed E-state index contributed by atoms with van der Waals surface area (Å²) >= 11 is 0. The van der Waals surface area contributed by atoms with Crippen LogP contribution in [0.1, 0.15) is 26.2 Å². The van der Waals surface area contributed by atoms with Crippen molar-refractivity contribution >= 4 is 5.97 Å². The molecule has 1 fully saturated rings. The first-order valence-corrected chi connectivity index (χ1v) is 4.09. The number of rotatable bonds is 4. The van der Waals surface area contributed by atoms with Gasteiger partial charge in [-0.3, -0.25) is 4.79 Å². The summed E-state index contributed by atoms with van der Waals surface area (Å²) in [6, 6.07) is 0. The molecule has 11 heavy (non-hydrogen) atoms. The fourth-order valence-corrected chi connectivity index (χ4v) is 1.21. The lowest BCUT2D eigenvalue weighted by atomic mass is 10.0. The number of allylic oxidation sites excluding steroid dienone is 1. The molecule has 1 atom stereocenters. The van der Waals surface area contributed by atoms with E-state index in [9.17, 15) is 4.79 Å². The molecular formula is C9H14O2. The highest BCUT2D eigenvalue weighted by molar-refractivity contribution is 5.72. The molecule has 1 aliphatic carbocycles. The maximum absolute atomic E-state index is 10.6. The predicted molar refractivity (Wildman–Crippen MR) is 43.3 cm³/mol. The van der Waals surface area contributed by atoms with Crippen LogP contribution in [0.15, 0.2) is 12.2 Å². The lowest BCUT2D eigenvalue weighted by molar-refractivity contribution is -0.140. The van der Waals surface area contributed by atoms with Crippen molar-refractivity contribution in [1.29, 1.82) is 0 Å². The van der Waals surface area contributed by atoms with Gasteiger partial charge in [-0.2, -0.15) is 0 Å². The van der Waals surface area contributed by atoms with Gasteiger partial charge in [0.2, 0.25) is 0 Å². The summed E-state index contributed by atoms with van der Waals surface area (Å²) in [6.07, 6.45) is 6.88. The highest BCUT2D eigenvalue weighted by atomic mass is 16.4. The molecule has 0 bridgehead atoms. The van der Waals surface area contributed by atoms with Gasteiger partial charge in [0.05, 0.1) is 5.92 Å². The topological polar surface area (TPSA) is 37.3 Å². The van der Waals surface area contributed by atoms with Gasteiger partial charge in [0, 0.05) is 0 Å². The van der Waals surface area contributed by atoms with E-state index in [1.54, 1.807) is 6.08 Å². The van der Waals surface area contributed by atoms with Crippen molar-refractivity contribution < 1.29 is 9.90 Å². The van der Waals surface area contributed by atoms with E-state index in [-0.39, 0.29) is 5.92 Å². The SMILES string of the molecule is CC=C[C@@H](CC1CC1)C(=O)O. The Morgan fingerprint density at radius 1 is 1.73 bits per heavy atom. The van der Waals surface area contributed by atoms with Crippen LogP contribution in [-0.4, -0.2) is 11.1 Å². The first-order valence-electron chi connectivity index (χ1n) is 4.09. The van der Waals surface area contributed by atoms with Crippen molar-refractivity contribution in [3.8, 4) is 0 Å². The van der Waals surface area contributed by atoms with Crippen LogP contribution in [0.4, 0.5) is 0 Å². The van der Waals surface area contributed by atoms with E-state index >= 15 is 0 Å². The van der Waals surface area contributed by atoms with Crippen molar-refractivity contribution in [2.45, 2.75) is 26.2 Å². The molecule has 0 aromatic carbocycles. The second-order valence-electron chi connectivity index (χ2n) is 3.15. The highest BCUT2D eigenvalue weighted by Crippen LogP contribution is 2.35. The average molecular weight is 154 g/mol. The summed E-state index contributed by atoms with van der Waals surface area (Å²) in [5, 5.41) is 8.73. The van der Waals surface area contributed by atoms with Gasteiger partial charge in [-0.25, -0.2) is 0 Å². The molecule has 1 saturated carbocycles. The summed E-state index contributed by atoms with van der Waals surface area (Å²) in [4.78, 5) is 10.6. The third-order valence-corrected chi connectivity index (χ3v) is 2.03. The van der Waals surface area contributed by atoms with Crippen LogP contribution in [0, 0.1) is 11.8 Å². The van der Waals surface area contributed by atoms with Crippen LogP contribution in [0.3, 0.4) is 0 Å². The third-order valence-electron chi connectivity index (χ3n) is 2.03. The second-order valence-corrected chi connectivity index (χ2v) is 3.15. The van der Waals surface area contributed by atoms with Gasteiger partial charge in [-0.1, -0.05) is 25.0 Å². The molecule has 0 radical (unpaired) electrons. The standard InChI is InChI=1S/C9H14O2/c1-2-3-8(9(10)11)6-7-4-5-7/h2-3,7-8H,4-6H2,1H3,(H,10,11)/t8-/m0/s1. The smallest absolute Gasteiger partial charge is 0.310 e. The Bertz CT molecular complexity index is 168. The largest absolute Gasteiger partial charge is 0.481 e. The van der Waals surface area contributed by atoms with Crippen molar-refractivity contribution in [2.24, 2.45) is 11.8 Å². The molecule has 0 unspecified atom stereocenters. The normalized spacial score (nSPS) is 20.5. The molecule has 0 heterocycles. The zero-order valence-corrected chi connectivity index (χ0v) is 6.79. The van der Waals surface area contributed by atoms with Gasteiger partial charge < -0.3 is 5.11 Å². The van der Waals surface area contributed by atoms with Crippen molar-refractivity contribution in [3.05, 3.63) is 12.2 Å². The Balaban J connectivity index is 2.37. The van der Waals surface area contributed by atoms with E-state index in [4.69, 9.17) is 5.11 Å². The molecule has 0 saturated heterocycles. The van der Waals surface area contributed by atoms with E-state index in [0.29, 0.717) is 5.92 Å². The lowest BCUT2D eigenvalue weighted by Gasteiger charge is -2.04. The van der Waals surface area contributed by atoms with Crippen LogP contribution >= 0.6 is 0 Å². The molecule has 1 rings (SSSR count). The van der Waals surface area contributed by atoms with Gasteiger partial charge in [0.25, 0.3) is 0 Å². The monoisotopic (exact) mass is 154 g/mol. The quantitative estimate of drug-likeness (QED) is 0.629. The van der Waals surface area contributed by atoms with Crippen LogP contribution in [0.25, 0.3) is 0 Å². The average Bonchev–Trinajstić information content (AvgIpc) is 2.70. The van der Waals surface area contributed by atoms with Gasteiger partial charge in [-0.15, -0.1) is 0 Å². The molecule has 0 spiro atoms. The Kier molecular flexibility index (Phi) is 2.69. The molecule has 2 heteroatoms. The summed E-state index contributed by atoms with van der Waals surface area (Å²) in [7, 11) is 0. The van der Waals surface area contributed by atoms with Gasteiger partial charge in [0.1, 0.15) is 0 Å². The molecule has 0 aromatic rings. The van der Waals surface area contributed by atoms with Crippen molar-refractivity contribution in [3.63, 3.8) is 0 Å². The fraction of sp³-hybridized carbons (Fsp3) is 0.667. The van der Waals surface area contributed by atoms with Crippen LogP contribution in [-0.2, 0) is 4.79 Å². The zero-order valence-electron chi connectivity index (χ0n) is 6.79. The zero-order chi connectivity index (χ0) is 8.27. The Hall–Kier alpha value is -0.790. The minimum Gasteiger partial charge on any atom is -0.481 e. The van der Waals surface area contributed by atoms with Gasteiger partial charge in [-0.05, 0) is 19.3 Å². The fourth-order valence-electron chi connectivity index (χ4n) is 1.21. The first kappa shape index (κ1) is 8.31. The first-order chi connectivity index (χ1) is 5.24. The maximum atomic E-state index is 10.6. The van der Waals surface area contributed by atoms with Crippen LogP contribution in [0.2, 0.25) is 0 Å². The van der Waals surface area contributed by atoms with E-state index in [1.807, 2.05) is 13.0 Å². The Morgan fingerprint density at radius 3 is 2.73 bits per heavy atom. The summed E-state index contributed by atoms with van der Waals surface area (Å²) < 4.78 is 0. The number of aliphatic carboxylic acids is 1. The van der Waals surface area contributed by atoms with Crippen LogP contribution < -0.4 is 0 Å². The molecular weight excluding hydrogens is 140 g/mol. The molecule has 0 aromatic heterocycles. The number of hydrogen-bond donors (Lipinski definition) is 1. The summed E-state index contributed by atoms with van der Waals surface area (Å²) in [6.45, 7) is 1.86. The number of carbonyl (C=O) groups is 1. The number of hydrogen-bond acceptors (Lipinski definition) is 1. The summed E-state index contributed by atoms with van der Waals surface area (Å²) in [5.41, 5.74) is 0. The van der Waals surface area contributed by atoms with E-state index in [1.165, 1.54) is 12.8 Å². The molecule has 62 valence electrons. The van der Waals surface area contributed by atoms with E-state index in [0.717, 1.165) is 6.42 Å². The highest BCUT2D eigenvalue weighted by Gasteiger charge is 2.27. The Morgan fingerprint density at radius 2 is 2.36 bits per heavy atom. The predicted octanol–water partition coefficient (Wildman–Crippen LogP) is 2.06. The molecule has 1 N–H and O–H groups in total. The molecule has 0 aliphatic heterocycles. The number of carboxylic acid groups (broad SMARTS) is 1. The molecule has 1 aliphatic rings. The second kappa shape index (κ2) is 3.56. The van der Waals surface area contributed by atoms with Gasteiger partial charge in [0.15, 0.2) is 0 Å². The van der Waals surface area contributed by atoms with Crippen molar-refractivity contribution in [2.75, 3.05) is 0 Å². The minimum atomic E-state index is -0.685. The molecule has 2 nitrogen and oxygen atoms in total. The molecule has 0 amide bonds. The van der Waals surface area contributed by atoms with Gasteiger partial charge >= 0.3 is 5.97 Å². The summed E-state index contributed by atoms with van der Waals surface area (Å²) in [5.74, 6) is -0.241. The maximum Gasteiger partial charge on any atom is 0.310 e. The van der Waals surface area contributed by atoms with E-state index in [2.05, 4.69) is 0 Å². The Labute approximate surface area is 66.9 Å². The van der Waals surface area contributed by atoms with Crippen LogP contribution in [0.5, 0.6) is 0 Å².